The minimum absolute atomic E-state index is 0.592. The van der Waals surface area contributed by atoms with E-state index >= 15 is 0 Å². The fraction of sp³-hybridized carbons (Fsp3) is 0.900. The maximum Gasteiger partial charge on any atom is 0.0624 e. The molecule has 0 saturated carbocycles. The fourth-order valence-corrected chi connectivity index (χ4v) is 1.03. The predicted octanol–water partition coefficient (Wildman–Crippen LogP) is 3.36. The molecule has 0 aromatic rings. The van der Waals surface area contributed by atoms with E-state index in [0.717, 1.165) is 12.3 Å². The maximum absolute atomic E-state index is 8.41. The predicted molar refractivity (Wildman–Crippen MR) is 48.1 cm³/mol. The first kappa shape index (κ1) is 10.5. The molecule has 2 unspecified atom stereocenters. The average molecular weight is 153 g/mol. The van der Waals surface area contributed by atoms with Gasteiger partial charge < -0.3 is 0 Å². The summed E-state index contributed by atoms with van der Waals surface area (Å²) in [5.41, 5.74) is 0. The van der Waals surface area contributed by atoms with Crippen molar-refractivity contribution in [1.29, 1.82) is 5.26 Å². The largest absolute Gasteiger partial charge is 0.198 e. The van der Waals surface area contributed by atoms with Crippen LogP contribution in [0.5, 0.6) is 0 Å². The van der Waals surface area contributed by atoms with Crippen LogP contribution in [0.1, 0.15) is 46.5 Å². The molecule has 0 radical (unpaired) electrons. The summed E-state index contributed by atoms with van der Waals surface area (Å²) in [6, 6.07) is 2.21. The summed E-state index contributed by atoms with van der Waals surface area (Å²) in [7, 11) is 0. The van der Waals surface area contributed by atoms with Crippen LogP contribution in [0, 0.1) is 23.2 Å². The Kier molecular flexibility index (Phi) is 5.93. The Morgan fingerprint density at radius 1 is 1.18 bits per heavy atom. The summed E-state index contributed by atoms with van der Waals surface area (Å²) >= 11 is 0. The normalized spacial score (nSPS) is 15.5. The van der Waals surface area contributed by atoms with E-state index in [9.17, 15) is 0 Å². The Bertz CT molecular complexity index is 123. The lowest BCUT2D eigenvalue weighted by atomic mass is 9.95. The molecule has 0 aliphatic rings. The third-order valence-corrected chi connectivity index (χ3v) is 2.29. The molecule has 0 aromatic heterocycles. The van der Waals surface area contributed by atoms with Gasteiger partial charge in [-0.1, -0.05) is 33.6 Å². The molecular formula is C10H19N. The molecule has 1 heteroatoms. The van der Waals surface area contributed by atoms with Crippen LogP contribution in [0.4, 0.5) is 0 Å². The lowest BCUT2D eigenvalue weighted by Gasteiger charge is -2.10. The Labute approximate surface area is 70.4 Å². The van der Waals surface area contributed by atoms with E-state index in [1.54, 1.807) is 0 Å². The highest BCUT2D eigenvalue weighted by Crippen LogP contribution is 2.16. The standard InChI is InChI=1S/C10H19N/c1-4-9(2)5-6-10(3)7-8-11/h9-10H,4-7H2,1-3H3. The van der Waals surface area contributed by atoms with Crippen molar-refractivity contribution < 1.29 is 0 Å². The minimum Gasteiger partial charge on any atom is -0.198 e. The highest BCUT2D eigenvalue weighted by molar-refractivity contribution is 4.73. The summed E-state index contributed by atoms with van der Waals surface area (Å²) in [4.78, 5) is 0. The molecule has 0 bridgehead atoms. The molecule has 2 atom stereocenters. The van der Waals surface area contributed by atoms with E-state index in [2.05, 4.69) is 26.8 Å². The molecule has 0 spiro atoms. The van der Waals surface area contributed by atoms with Gasteiger partial charge in [-0.25, -0.2) is 0 Å². The lowest BCUT2D eigenvalue weighted by Crippen LogP contribution is -1.98. The average Bonchev–Trinajstić information content (AvgIpc) is 2.01. The number of nitrogens with zero attached hydrogens (tertiary/aromatic N) is 1. The van der Waals surface area contributed by atoms with Gasteiger partial charge in [0.15, 0.2) is 0 Å². The Hall–Kier alpha value is -0.510. The Morgan fingerprint density at radius 3 is 2.18 bits per heavy atom. The van der Waals surface area contributed by atoms with E-state index in [1.165, 1.54) is 19.3 Å². The van der Waals surface area contributed by atoms with Crippen molar-refractivity contribution in [3.63, 3.8) is 0 Å². The van der Waals surface area contributed by atoms with Gasteiger partial charge in [0.05, 0.1) is 6.07 Å². The summed E-state index contributed by atoms with van der Waals surface area (Å²) < 4.78 is 0. The first-order chi connectivity index (χ1) is 5.20. The van der Waals surface area contributed by atoms with Crippen LogP contribution in [-0.4, -0.2) is 0 Å². The van der Waals surface area contributed by atoms with Gasteiger partial charge in [0.25, 0.3) is 0 Å². The van der Waals surface area contributed by atoms with Crippen molar-refractivity contribution in [3.8, 4) is 6.07 Å². The van der Waals surface area contributed by atoms with Crippen molar-refractivity contribution in [3.05, 3.63) is 0 Å². The van der Waals surface area contributed by atoms with Crippen LogP contribution in [-0.2, 0) is 0 Å². The van der Waals surface area contributed by atoms with Gasteiger partial charge in [-0.15, -0.1) is 0 Å². The van der Waals surface area contributed by atoms with Gasteiger partial charge in [0.2, 0.25) is 0 Å². The first-order valence-corrected chi connectivity index (χ1v) is 4.57. The molecule has 0 aliphatic heterocycles. The first-order valence-electron chi connectivity index (χ1n) is 4.57. The van der Waals surface area contributed by atoms with E-state index in [0.29, 0.717) is 5.92 Å². The molecule has 0 saturated heterocycles. The summed E-state index contributed by atoms with van der Waals surface area (Å²) in [6.45, 7) is 6.66. The Morgan fingerprint density at radius 2 is 1.73 bits per heavy atom. The minimum atomic E-state index is 0.592. The van der Waals surface area contributed by atoms with Crippen LogP contribution in [0.25, 0.3) is 0 Å². The van der Waals surface area contributed by atoms with Crippen LogP contribution >= 0.6 is 0 Å². The maximum atomic E-state index is 8.41. The van der Waals surface area contributed by atoms with Crippen molar-refractivity contribution in [1.82, 2.24) is 0 Å². The number of nitriles is 1. The van der Waals surface area contributed by atoms with Gasteiger partial charge in [-0.3, -0.25) is 0 Å². The van der Waals surface area contributed by atoms with Crippen LogP contribution in [0.3, 0.4) is 0 Å². The second kappa shape index (κ2) is 6.22. The zero-order valence-electron chi connectivity index (χ0n) is 7.93. The van der Waals surface area contributed by atoms with Gasteiger partial charge in [0.1, 0.15) is 0 Å². The van der Waals surface area contributed by atoms with Crippen molar-refractivity contribution in [2.45, 2.75) is 46.5 Å². The molecular weight excluding hydrogens is 134 g/mol. The van der Waals surface area contributed by atoms with Gasteiger partial charge in [0, 0.05) is 6.42 Å². The number of hydrogen-bond donors (Lipinski definition) is 0. The summed E-state index contributed by atoms with van der Waals surface area (Å²) in [5, 5.41) is 8.41. The summed E-state index contributed by atoms with van der Waals surface area (Å²) in [5.74, 6) is 1.42. The second-order valence-electron chi connectivity index (χ2n) is 3.56. The lowest BCUT2D eigenvalue weighted by molar-refractivity contribution is 0.427. The topological polar surface area (TPSA) is 23.8 Å². The zero-order chi connectivity index (χ0) is 8.69. The van der Waals surface area contributed by atoms with Gasteiger partial charge >= 0.3 is 0 Å². The molecule has 0 aromatic carbocycles. The summed E-state index contributed by atoms with van der Waals surface area (Å²) in [6.07, 6.45) is 4.47. The zero-order valence-corrected chi connectivity index (χ0v) is 7.93. The molecule has 0 fully saturated rings. The molecule has 0 heterocycles. The van der Waals surface area contributed by atoms with Crippen LogP contribution in [0.15, 0.2) is 0 Å². The molecule has 11 heavy (non-hydrogen) atoms. The van der Waals surface area contributed by atoms with E-state index in [4.69, 9.17) is 5.26 Å². The van der Waals surface area contributed by atoms with Crippen molar-refractivity contribution in [2.75, 3.05) is 0 Å². The molecule has 64 valence electrons. The highest BCUT2D eigenvalue weighted by atomic mass is 14.2. The number of rotatable bonds is 5. The molecule has 0 aliphatic carbocycles. The van der Waals surface area contributed by atoms with Crippen molar-refractivity contribution in [2.24, 2.45) is 11.8 Å². The molecule has 1 nitrogen and oxygen atoms in total. The Balaban J connectivity index is 3.31. The molecule has 0 amide bonds. The second-order valence-corrected chi connectivity index (χ2v) is 3.56. The van der Waals surface area contributed by atoms with Crippen molar-refractivity contribution >= 4 is 0 Å². The monoisotopic (exact) mass is 153 g/mol. The smallest absolute Gasteiger partial charge is 0.0624 e. The fourth-order valence-electron chi connectivity index (χ4n) is 1.03. The third kappa shape index (κ3) is 5.91. The number of hydrogen-bond acceptors (Lipinski definition) is 1. The highest BCUT2D eigenvalue weighted by Gasteiger charge is 2.03. The van der Waals surface area contributed by atoms with Crippen LogP contribution in [0.2, 0.25) is 0 Å². The quantitative estimate of drug-likeness (QED) is 0.594. The van der Waals surface area contributed by atoms with Gasteiger partial charge in [-0.2, -0.15) is 5.26 Å². The molecule has 0 N–H and O–H groups in total. The van der Waals surface area contributed by atoms with Crippen LogP contribution < -0.4 is 0 Å². The third-order valence-electron chi connectivity index (χ3n) is 2.29. The van der Waals surface area contributed by atoms with E-state index in [1.807, 2.05) is 0 Å². The SMILES string of the molecule is CCC(C)CCC(C)CC#N. The molecule has 0 rings (SSSR count). The van der Waals surface area contributed by atoms with Gasteiger partial charge in [-0.05, 0) is 18.3 Å². The van der Waals surface area contributed by atoms with E-state index in [-0.39, 0.29) is 0 Å². The van der Waals surface area contributed by atoms with E-state index < -0.39 is 0 Å².